The number of hydrogen-bond acceptors (Lipinski definition) is 3. The Bertz CT molecular complexity index is 2690. The molecule has 3 aromatic heterocycles. The van der Waals surface area contributed by atoms with E-state index < -0.39 is 6.85 Å². The third-order valence-electron chi connectivity index (χ3n) is 10.7. The van der Waals surface area contributed by atoms with Crippen molar-refractivity contribution in [3.05, 3.63) is 148 Å². The first kappa shape index (κ1) is 28.2. The first-order chi connectivity index (χ1) is 26.0. The van der Waals surface area contributed by atoms with Crippen LogP contribution >= 0.6 is 0 Å². The molecular weight excluding hydrogens is 623 g/mol. The molecule has 8 aromatic rings. The Balaban J connectivity index is 1.28. The van der Waals surface area contributed by atoms with E-state index in [0.717, 1.165) is 64.6 Å². The highest BCUT2D eigenvalue weighted by atomic mass is 16.3. The first-order valence-corrected chi connectivity index (χ1v) is 18.2. The van der Waals surface area contributed by atoms with E-state index in [-0.39, 0.29) is 17.5 Å². The fraction of sp³-hybridized carbons (Fsp3) is 0.234. The van der Waals surface area contributed by atoms with E-state index in [1.807, 2.05) is 24.3 Å². The standard InChI is InChI=1S/C47H43N3O/c1-28(2)39-26-35(41-25-33-19-18-31-14-16-32(17-15-31)20-22-34(41)23-21-33)27-40(29(3)4)44(39)50-43-12-7-6-11-42(43)49-46(50)38-10-8-9-36-37-24-13-30(5)48-47(37)51-45(36)38/h6-17,21,23-29H,18-20,22H2,1-5H3/i5D3. The van der Waals surface area contributed by atoms with E-state index in [1.165, 1.54) is 44.5 Å². The lowest BCUT2D eigenvalue weighted by Gasteiger charge is -2.25. The van der Waals surface area contributed by atoms with Crippen molar-refractivity contribution in [3.63, 3.8) is 0 Å². The molecule has 0 radical (unpaired) electrons. The molecule has 0 amide bonds. The van der Waals surface area contributed by atoms with Gasteiger partial charge in [0.05, 0.1) is 22.3 Å². The number of hydrogen-bond donors (Lipinski definition) is 0. The Kier molecular flexibility index (Phi) is 6.86. The molecule has 4 aliphatic carbocycles. The third-order valence-corrected chi connectivity index (χ3v) is 10.7. The van der Waals surface area contributed by atoms with Crippen LogP contribution in [0.25, 0.3) is 61.3 Å². The number of aryl methyl sites for hydroxylation is 5. The molecule has 4 aliphatic rings. The van der Waals surface area contributed by atoms with Gasteiger partial charge in [-0.3, -0.25) is 4.57 Å². The van der Waals surface area contributed by atoms with Gasteiger partial charge in [-0.2, -0.15) is 0 Å². The first-order valence-electron chi connectivity index (χ1n) is 19.7. The molecule has 5 aromatic carbocycles. The van der Waals surface area contributed by atoms with Crippen LogP contribution in [0.2, 0.25) is 0 Å². The van der Waals surface area contributed by atoms with Gasteiger partial charge < -0.3 is 4.42 Å². The summed E-state index contributed by atoms with van der Waals surface area (Å²) in [6, 6.07) is 38.9. The molecule has 0 aliphatic heterocycles. The molecule has 3 heterocycles. The van der Waals surface area contributed by atoms with Crippen molar-refractivity contribution in [2.24, 2.45) is 0 Å². The van der Waals surface area contributed by atoms with Gasteiger partial charge in [0, 0.05) is 20.6 Å². The average molecular weight is 669 g/mol. The van der Waals surface area contributed by atoms with Crippen molar-refractivity contribution in [2.75, 3.05) is 0 Å². The molecule has 0 saturated heterocycles. The number of fused-ring (bicyclic) bond motifs is 4. The zero-order chi connectivity index (χ0) is 37.3. The fourth-order valence-corrected chi connectivity index (χ4v) is 7.97. The van der Waals surface area contributed by atoms with Crippen molar-refractivity contribution in [1.29, 1.82) is 0 Å². The van der Waals surface area contributed by atoms with Crippen LogP contribution in [0.5, 0.6) is 0 Å². The summed E-state index contributed by atoms with van der Waals surface area (Å²) in [4.78, 5) is 9.76. The smallest absolute Gasteiger partial charge is 0.227 e. The Morgan fingerprint density at radius 3 is 2.10 bits per heavy atom. The minimum atomic E-state index is -2.33. The average Bonchev–Trinajstić information content (AvgIpc) is 3.73. The molecule has 0 atom stereocenters. The lowest BCUT2D eigenvalue weighted by molar-refractivity contribution is 0.653. The molecule has 4 nitrogen and oxygen atoms in total. The number of benzene rings is 5. The normalized spacial score (nSPS) is 14.4. The summed E-state index contributed by atoms with van der Waals surface area (Å²) in [6.07, 6.45) is 4.01. The number of rotatable bonds is 5. The van der Waals surface area contributed by atoms with E-state index in [9.17, 15) is 0 Å². The highest BCUT2D eigenvalue weighted by Gasteiger charge is 2.26. The van der Waals surface area contributed by atoms with E-state index in [1.54, 1.807) is 12.1 Å². The number of aromatic nitrogens is 3. The van der Waals surface area contributed by atoms with Crippen molar-refractivity contribution < 1.29 is 8.53 Å². The Morgan fingerprint density at radius 1 is 0.647 bits per heavy atom. The molecule has 0 saturated carbocycles. The number of furan rings is 1. The van der Waals surface area contributed by atoms with Gasteiger partial charge in [0.2, 0.25) is 5.71 Å². The van der Waals surface area contributed by atoms with Crippen molar-refractivity contribution in [3.8, 4) is 28.2 Å². The molecule has 0 N–H and O–H groups in total. The van der Waals surface area contributed by atoms with Crippen LogP contribution in [0.3, 0.4) is 0 Å². The topological polar surface area (TPSA) is 43.9 Å². The SMILES string of the molecule is [2H]C([2H])([2H])c1ccc2c(n1)oc1c(-c3nc4ccccc4n3-c3c(C(C)C)cc(-c4cc5ccc4CCc4ccc(cc4)CC5)cc3C(C)C)cccc12. The van der Waals surface area contributed by atoms with Gasteiger partial charge in [0.25, 0.3) is 0 Å². The van der Waals surface area contributed by atoms with Crippen molar-refractivity contribution in [1.82, 2.24) is 14.5 Å². The van der Waals surface area contributed by atoms with Gasteiger partial charge in [-0.15, -0.1) is 0 Å². The molecule has 0 spiro atoms. The second-order valence-corrected chi connectivity index (χ2v) is 14.7. The number of nitrogens with zero attached hydrogens (tertiary/aromatic N) is 3. The maximum Gasteiger partial charge on any atom is 0.227 e. The van der Waals surface area contributed by atoms with Crippen molar-refractivity contribution in [2.45, 2.75) is 72.1 Å². The molecule has 0 unspecified atom stereocenters. The molecule has 4 heteroatoms. The molecule has 12 rings (SSSR count). The molecule has 51 heavy (non-hydrogen) atoms. The van der Waals surface area contributed by atoms with Crippen LogP contribution in [0, 0.1) is 6.85 Å². The largest absolute Gasteiger partial charge is 0.437 e. The Hall–Kier alpha value is -5.48. The van der Waals surface area contributed by atoms with E-state index in [4.69, 9.17) is 13.5 Å². The third kappa shape index (κ3) is 5.45. The summed E-state index contributed by atoms with van der Waals surface area (Å²) < 4.78 is 32.6. The molecular formula is C47H43N3O. The van der Waals surface area contributed by atoms with Gasteiger partial charge >= 0.3 is 0 Å². The van der Waals surface area contributed by atoms with Gasteiger partial charge in [-0.1, -0.05) is 94.4 Å². The molecule has 252 valence electrons. The van der Waals surface area contributed by atoms with E-state index >= 15 is 0 Å². The van der Waals surface area contributed by atoms with Gasteiger partial charge in [-0.05, 0) is 131 Å². The number of para-hydroxylation sites is 3. The monoisotopic (exact) mass is 668 g/mol. The maximum atomic E-state index is 7.93. The minimum absolute atomic E-state index is 0.0153. The van der Waals surface area contributed by atoms with Crippen LogP contribution in [0.1, 0.15) is 82.7 Å². The van der Waals surface area contributed by atoms with Gasteiger partial charge in [0.15, 0.2) is 0 Å². The Labute approximate surface area is 304 Å². The minimum Gasteiger partial charge on any atom is -0.437 e. The van der Waals surface area contributed by atoms with Crippen LogP contribution in [-0.4, -0.2) is 14.5 Å². The van der Waals surface area contributed by atoms with Crippen LogP contribution in [-0.2, 0) is 25.7 Å². The summed E-state index contributed by atoms with van der Waals surface area (Å²) in [5.74, 6) is 1.20. The second-order valence-electron chi connectivity index (χ2n) is 14.7. The van der Waals surface area contributed by atoms with Crippen LogP contribution in [0.15, 0.2) is 114 Å². The number of imidazole rings is 1. The Morgan fingerprint density at radius 2 is 1.35 bits per heavy atom. The zero-order valence-electron chi connectivity index (χ0n) is 32.6. The summed E-state index contributed by atoms with van der Waals surface area (Å²) in [7, 11) is 0. The highest BCUT2D eigenvalue weighted by Crippen LogP contribution is 2.43. The summed E-state index contributed by atoms with van der Waals surface area (Å²) in [5.41, 5.74) is 15.4. The van der Waals surface area contributed by atoms with Crippen LogP contribution in [0.4, 0.5) is 0 Å². The van der Waals surface area contributed by atoms with Crippen LogP contribution < -0.4 is 0 Å². The number of pyridine rings is 1. The predicted octanol–water partition coefficient (Wildman–Crippen LogP) is 12.1. The summed E-state index contributed by atoms with van der Waals surface area (Å²) >= 11 is 0. The highest BCUT2D eigenvalue weighted by molar-refractivity contribution is 6.08. The van der Waals surface area contributed by atoms with Gasteiger partial charge in [0.1, 0.15) is 11.4 Å². The lowest BCUT2D eigenvalue weighted by atomic mass is 9.85. The van der Waals surface area contributed by atoms with E-state index in [2.05, 4.69) is 110 Å². The molecule has 0 fully saturated rings. The zero-order valence-corrected chi connectivity index (χ0v) is 29.6. The predicted molar refractivity (Wildman–Crippen MR) is 211 cm³/mol. The van der Waals surface area contributed by atoms with E-state index in [0.29, 0.717) is 11.3 Å². The summed E-state index contributed by atoms with van der Waals surface area (Å²) in [6.45, 7) is 6.80. The quantitative estimate of drug-likeness (QED) is 0.183. The molecule has 4 bridgehead atoms. The summed E-state index contributed by atoms with van der Waals surface area (Å²) in [5, 5.41) is 1.65. The van der Waals surface area contributed by atoms with Gasteiger partial charge in [-0.25, -0.2) is 9.97 Å². The lowest BCUT2D eigenvalue weighted by Crippen LogP contribution is -2.10. The van der Waals surface area contributed by atoms with Crippen molar-refractivity contribution >= 4 is 33.1 Å². The fourth-order valence-electron chi connectivity index (χ4n) is 7.97. The maximum absolute atomic E-state index is 7.93. The second kappa shape index (κ2) is 12.4.